The molecule has 9 heteroatoms. The van der Waals surface area contributed by atoms with E-state index in [1.807, 2.05) is 31.2 Å². The molecule has 7 nitrogen and oxygen atoms in total. The molecule has 4 rings (SSSR count). The van der Waals surface area contributed by atoms with E-state index in [2.05, 4.69) is 0 Å². The molecule has 2 aliphatic heterocycles. The number of piperidine rings is 1. The number of sulfonamides is 1. The fraction of sp³-hybridized carbons (Fsp3) is 0.440. The third-order valence-electron chi connectivity index (χ3n) is 6.57. The zero-order valence-electron chi connectivity index (χ0n) is 19.3. The van der Waals surface area contributed by atoms with Crippen LogP contribution in [0, 0.1) is 18.7 Å². The third-order valence-corrected chi connectivity index (χ3v) is 8.49. The molecule has 2 heterocycles. The van der Waals surface area contributed by atoms with Crippen molar-refractivity contribution < 1.29 is 22.4 Å². The molecular weight excluding hydrogens is 457 g/mol. The van der Waals surface area contributed by atoms with Crippen LogP contribution in [-0.2, 0) is 14.8 Å². The topological polar surface area (TPSA) is 78.0 Å². The summed E-state index contributed by atoms with van der Waals surface area (Å²) in [6.07, 6.45) is 1.99. The van der Waals surface area contributed by atoms with Gasteiger partial charge in [0.2, 0.25) is 15.9 Å². The number of hydrogen-bond acceptors (Lipinski definition) is 4. The van der Waals surface area contributed by atoms with Crippen molar-refractivity contribution in [2.24, 2.45) is 5.92 Å². The molecule has 0 bridgehead atoms. The van der Waals surface area contributed by atoms with Crippen molar-refractivity contribution in [3.63, 3.8) is 0 Å². The summed E-state index contributed by atoms with van der Waals surface area (Å²) >= 11 is 0. The van der Waals surface area contributed by atoms with Gasteiger partial charge in [0.15, 0.2) is 0 Å². The molecule has 2 fully saturated rings. The van der Waals surface area contributed by atoms with E-state index in [4.69, 9.17) is 0 Å². The lowest BCUT2D eigenvalue weighted by molar-refractivity contribution is -0.136. The van der Waals surface area contributed by atoms with Crippen molar-refractivity contribution in [1.29, 1.82) is 0 Å². The van der Waals surface area contributed by atoms with E-state index in [0.717, 1.165) is 24.1 Å². The summed E-state index contributed by atoms with van der Waals surface area (Å²) in [5.41, 5.74) is 1.70. The number of likely N-dealkylation sites (tertiary alicyclic amines) is 1. The quantitative estimate of drug-likeness (QED) is 0.665. The van der Waals surface area contributed by atoms with Crippen molar-refractivity contribution in [3.05, 3.63) is 65.5 Å². The molecule has 0 saturated carbocycles. The van der Waals surface area contributed by atoms with E-state index < -0.39 is 15.8 Å². The van der Waals surface area contributed by atoms with Gasteiger partial charge in [0.05, 0.1) is 10.8 Å². The largest absolute Gasteiger partial charge is 0.341 e. The van der Waals surface area contributed by atoms with Gasteiger partial charge >= 0.3 is 0 Å². The van der Waals surface area contributed by atoms with Crippen molar-refractivity contribution in [3.8, 4) is 0 Å². The molecule has 0 radical (unpaired) electrons. The molecule has 2 aromatic carbocycles. The van der Waals surface area contributed by atoms with Crippen molar-refractivity contribution in [2.75, 3.05) is 39.3 Å². The predicted octanol–water partition coefficient (Wildman–Crippen LogP) is 2.91. The van der Waals surface area contributed by atoms with Gasteiger partial charge in [-0.05, 0) is 62.6 Å². The summed E-state index contributed by atoms with van der Waals surface area (Å²) in [5, 5.41) is 0. The van der Waals surface area contributed by atoms with Gasteiger partial charge in [0, 0.05) is 44.8 Å². The average molecular weight is 488 g/mol. The SMILES string of the molecule is Cc1ccc(C(=O)N2CCCC(C(=O)N3CCCN(S(=O)(=O)c4ccc(F)cc4)CC3)C2)cc1. The molecule has 2 aliphatic rings. The standard InChI is InChI=1S/C25H30FN3O4S/c1-19-5-7-20(8-6-19)24(30)28-13-2-4-21(18-28)25(31)27-14-3-15-29(17-16-27)34(32,33)23-11-9-22(26)10-12-23/h5-12,21H,2-4,13-18H2,1H3. The number of rotatable bonds is 4. The minimum absolute atomic E-state index is 0.0255. The van der Waals surface area contributed by atoms with E-state index in [-0.39, 0.29) is 29.2 Å². The number of benzene rings is 2. The van der Waals surface area contributed by atoms with Crippen LogP contribution >= 0.6 is 0 Å². The molecule has 0 aliphatic carbocycles. The first-order valence-electron chi connectivity index (χ1n) is 11.7. The highest BCUT2D eigenvalue weighted by Gasteiger charge is 2.34. The van der Waals surface area contributed by atoms with Crippen molar-refractivity contribution >= 4 is 21.8 Å². The monoisotopic (exact) mass is 487 g/mol. The first kappa shape index (κ1) is 24.3. The fourth-order valence-corrected chi connectivity index (χ4v) is 6.08. The molecule has 2 amide bonds. The van der Waals surface area contributed by atoms with Crippen LogP contribution in [0.4, 0.5) is 4.39 Å². The Balaban J connectivity index is 1.39. The zero-order valence-corrected chi connectivity index (χ0v) is 20.1. The molecule has 2 aromatic rings. The van der Waals surface area contributed by atoms with Gasteiger partial charge in [0.1, 0.15) is 5.82 Å². The summed E-state index contributed by atoms with van der Waals surface area (Å²) in [6, 6.07) is 12.2. The lowest BCUT2D eigenvalue weighted by Crippen LogP contribution is -2.47. The maximum absolute atomic E-state index is 13.3. The number of amides is 2. The van der Waals surface area contributed by atoms with Crippen LogP contribution in [0.25, 0.3) is 0 Å². The lowest BCUT2D eigenvalue weighted by Gasteiger charge is -2.35. The second-order valence-electron chi connectivity index (χ2n) is 8.99. The minimum Gasteiger partial charge on any atom is -0.341 e. The highest BCUT2D eigenvalue weighted by molar-refractivity contribution is 7.89. The molecule has 0 spiro atoms. The summed E-state index contributed by atoms with van der Waals surface area (Å²) in [4.78, 5) is 29.7. The Morgan fingerprint density at radius 1 is 0.853 bits per heavy atom. The Hall–Kier alpha value is -2.78. The van der Waals surface area contributed by atoms with E-state index in [0.29, 0.717) is 51.1 Å². The maximum atomic E-state index is 13.3. The van der Waals surface area contributed by atoms with Crippen molar-refractivity contribution in [2.45, 2.75) is 31.1 Å². The Morgan fingerprint density at radius 2 is 1.53 bits per heavy atom. The van der Waals surface area contributed by atoms with Crippen LogP contribution in [0.3, 0.4) is 0 Å². The molecule has 34 heavy (non-hydrogen) atoms. The lowest BCUT2D eigenvalue weighted by atomic mass is 9.95. The number of hydrogen-bond donors (Lipinski definition) is 0. The molecular formula is C25H30FN3O4S. The Morgan fingerprint density at radius 3 is 2.24 bits per heavy atom. The smallest absolute Gasteiger partial charge is 0.253 e. The second-order valence-corrected chi connectivity index (χ2v) is 10.9. The Bertz CT molecular complexity index is 1140. The van der Waals surface area contributed by atoms with Crippen LogP contribution in [0.5, 0.6) is 0 Å². The van der Waals surface area contributed by atoms with Gasteiger partial charge in [-0.15, -0.1) is 0 Å². The molecule has 0 aromatic heterocycles. The van der Waals surface area contributed by atoms with Gasteiger partial charge in [-0.2, -0.15) is 4.31 Å². The highest BCUT2D eigenvalue weighted by atomic mass is 32.2. The first-order valence-corrected chi connectivity index (χ1v) is 13.1. The minimum atomic E-state index is -3.75. The molecule has 182 valence electrons. The number of nitrogens with zero attached hydrogens (tertiary/aromatic N) is 3. The molecule has 0 N–H and O–H groups in total. The molecule has 2 saturated heterocycles. The van der Waals surface area contributed by atoms with Crippen LogP contribution in [0.15, 0.2) is 53.4 Å². The summed E-state index contributed by atoms with van der Waals surface area (Å²) in [6.45, 7) is 4.21. The Kier molecular flexibility index (Phi) is 7.33. The number of carbonyl (C=O) groups is 2. The van der Waals surface area contributed by atoms with Gasteiger partial charge < -0.3 is 9.80 Å². The van der Waals surface area contributed by atoms with E-state index in [1.165, 1.54) is 16.4 Å². The van der Waals surface area contributed by atoms with Crippen molar-refractivity contribution in [1.82, 2.24) is 14.1 Å². The van der Waals surface area contributed by atoms with Gasteiger partial charge in [-0.3, -0.25) is 9.59 Å². The van der Waals surface area contributed by atoms with E-state index in [9.17, 15) is 22.4 Å². The van der Waals surface area contributed by atoms with E-state index >= 15 is 0 Å². The van der Waals surface area contributed by atoms with Gasteiger partial charge in [-0.1, -0.05) is 17.7 Å². The summed E-state index contributed by atoms with van der Waals surface area (Å²) < 4.78 is 40.5. The van der Waals surface area contributed by atoms with E-state index in [1.54, 1.807) is 9.80 Å². The average Bonchev–Trinajstić information content (AvgIpc) is 3.11. The number of carbonyl (C=O) groups excluding carboxylic acids is 2. The fourth-order valence-electron chi connectivity index (χ4n) is 4.61. The predicted molar refractivity (Wildman–Crippen MR) is 126 cm³/mol. The highest BCUT2D eigenvalue weighted by Crippen LogP contribution is 2.23. The number of halogens is 1. The number of aryl methyl sites for hydroxylation is 1. The van der Waals surface area contributed by atoms with Crippen LogP contribution < -0.4 is 0 Å². The van der Waals surface area contributed by atoms with Crippen LogP contribution in [-0.4, -0.2) is 73.6 Å². The third kappa shape index (κ3) is 5.31. The summed E-state index contributed by atoms with van der Waals surface area (Å²) in [5.74, 6) is -0.871. The normalized spacial score (nSPS) is 20.1. The first-order chi connectivity index (χ1) is 16.3. The van der Waals surface area contributed by atoms with Crippen LogP contribution in [0.2, 0.25) is 0 Å². The molecule has 1 atom stereocenters. The summed E-state index contributed by atoms with van der Waals surface area (Å²) in [7, 11) is -3.75. The second kappa shape index (κ2) is 10.2. The maximum Gasteiger partial charge on any atom is 0.253 e. The van der Waals surface area contributed by atoms with Crippen LogP contribution in [0.1, 0.15) is 35.2 Å². The van der Waals surface area contributed by atoms with Gasteiger partial charge in [0.25, 0.3) is 5.91 Å². The Labute approximate surface area is 200 Å². The zero-order chi connectivity index (χ0) is 24.3. The molecule has 1 unspecified atom stereocenters. The van der Waals surface area contributed by atoms with Gasteiger partial charge in [-0.25, -0.2) is 12.8 Å².